The Labute approximate surface area is 176 Å². The van der Waals surface area contributed by atoms with Crippen LogP contribution < -0.4 is 19.6 Å². The number of esters is 1. The molecule has 0 aliphatic carbocycles. The molecule has 0 N–H and O–H groups in total. The number of methoxy groups -OCH3 is 1. The number of hydrogen-bond donors (Lipinski definition) is 0. The van der Waals surface area contributed by atoms with Crippen LogP contribution in [0.3, 0.4) is 0 Å². The topological polar surface area (TPSA) is 75.0 Å². The summed E-state index contributed by atoms with van der Waals surface area (Å²) in [7, 11) is 1.53. The van der Waals surface area contributed by atoms with Gasteiger partial charge in [-0.05, 0) is 43.3 Å². The van der Waals surface area contributed by atoms with E-state index in [0.717, 1.165) is 0 Å². The fraction of sp³-hybridized carbons (Fsp3) is 0.0833. The van der Waals surface area contributed by atoms with E-state index in [-0.39, 0.29) is 39.2 Å². The van der Waals surface area contributed by atoms with Crippen LogP contribution in [0.25, 0.3) is 11.0 Å². The minimum Gasteiger partial charge on any atom is -0.497 e. The van der Waals surface area contributed by atoms with E-state index < -0.39 is 11.8 Å². The fourth-order valence-corrected chi connectivity index (χ4v) is 3.02. The first-order valence-corrected chi connectivity index (χ1v) is 9.32. The van der Waals surface area contributed by atoms with Crippen molar-refractivity contribution in [1.29, 1.82) is 0 Å². The Balaban J connectivity index is 1.65. The van der Waals surface area contributed by atoms with Gasteiger partial charge in [-0.15, -0.1) is 0 Å². The molecule has 3 aromatic carbocycles. The van der Waals surface area contributed by atoms with Crippen molar-refractivity contribution in [2.45, 2.75) is 6.92 Å². The molecule has 1 heterocycles. The Morgan fingerprint density at radius 3 is 2.48 bits per heavy atom. The van der Waals surface area contributed by atoms with E-state index >= 15 is 0 Å². The quantitative estimate of drug-likeness (QED) is 0.324. The maximum atomic E-state index is 13.8. The van der Waals surface area contributed by atoms with E-state index in [9.17, 15) is 14.0 Å². The van der Waals surface area contributed by atoms with Crippen molar-refractivity contribution >= 4 is 16.9 Å². The lowest BCUT2D eigenvalue weighted by atomic mass is 10.2. The summed E-state index contributed by atoms with van der Waals surface area (Å²) in [5.74, 6) is -0.129. The number of rotatable bonds is 5. The predicted molar refractivity (Wildman–Crippen MR) is 112 cm³/mol. The number of aryl methyl sites for hydroxylation is 1. The number of carbonyl (C=O) groups is 1. The zero-order chi connectivity index (χ0) is 22.0. The lowest BCUT2D eigenvalue weighted by Crippen LogP contribution is -2.11. The SMILES string of the molecule is COc1cccc(Oc2c(C)oc3cc(OC(=O)c4ccccc4F)ccc3c2=O)c1. The molecule has 0 spiro atoms. The van der Waals surface area contributed by atoms with Crippen molar-refractivity contribution in [1.82, 2.24) is 0 Å². The molecule has 0 unspecified atom stereocenters. The van der Waals surface area contributed by atoms with E-state index in [4.69, 9.17) is 18.6 Å². The molecule has 0 bridgehead atoms. The normalized spacial score (nSPS) is 10.7. The van der Waals surface area contributed by atoms with Crippen molar-refractivity contribution in [3.63, 3.8) is 0 Å². The molecule has 0 saturated heterocycles. The standard InChI is InChI=1S/C24H17FO6/c1-14-23(30-16-7-5-6-15(12-16)28-2)22(26)19-11-10-17(13-21(19)29-14)31-24(27)18-8-3-4-9-20(18)25/h3-13H,1-2H3. The number of benzene rings is 3. The van der Waals surface area contributed by atoms with Crippen molar-refractivity contribution in [2.24, 2.45) is 0 Å². The monoisotopic (exact) mass is 420 g/mol. The molecule has 4 aromatic rings. The maximum absolute atomic E-state index is 13.8. The molecule has 0 saturated carbocycles. The molecular weight excluding hydrogens is 403 g/mol. The summed E-state index contributed by atoms with van der Waals surface area (Å²) in [5.41, 5.74) is -0.366. The first-order valence-electron chi connectivity index (χ1n) is 9.32. The highest BCUT2D eigenvalue weighted by Crippen LogP contribution is 2.29. The zero-order valence-electron chi connectivity index (χ0n) is 16.7. The van der Waals surface area contributed by atoms with Crippen LogP contribution in [-0.4, -0.2) is 13.1 Å². The number of halogens is 1. The molecule has 0 radical (unpaired) electrons. The summed E-state index contributed by atoms with van der Waals surface area (Å²) >= 11 is 0. The van der Waals surface area contributed by atoms with E-state index in [2.05, 4.69) is 0 Å². The van der Waals surface area contributed by atoms with Crippen LogP contribution in [0.2, 0.25) is 0 Å². The second-order valence-corrected chi connectivity index (χ2v) is 6.62. The Kier molecular flexibility index (Phi) is 5.41. The molecule has 1 aromatic heterocycles. The number of hydrogen-bond acceptors (Lipinski definition) is 6. The lowest BCUT2D eigenvalue weighted by molar-refractivity contribution is 0.0730. The van der Waals surface area contributed by atoms with Crippen molar-refractivity contribution < 1.29 is 27.8 Å². The molecular formula is C24H17FO6. The molecule has 0 amide bonds. The van der Waals surface area contributed by atoms with Crippen LogP contribution in [0.4, 0.5) is 4.39 Å². The van der Waals surface area contributed by atoms with Crippen LogP contribution in [-0.2, 0) is 0 Å². The van der Waals surface area contributed by atoms with Gasteiger partial charge in [0.25, 0.3) is 0 Å². The molecule has 0 atom stereocenters. The van der Waals surface area contributed by atoms with Crippen molar-refractivity contribution in [3.8, 4) is 23.0 Å². The third-order valence-electron chi connectivity index (χ3n) is 4.55. The lowest BCUT2D eigenvalue weighted by Gasteiger charge is -2.10. The van der Waals surface area contributed by atoms with Crippen LogP contribution in [0.1, 0.15) is 16.1 Å². The molecule has 0 aliphatic heterocycles. The van der Waals surface area contributed by atoms with Crippen LogP contribution in [0, 0.1) is 12.7 Å². The summed E-state index contributed by atoms with van der Waals surface area (Å²) < 4.78 is 35.7. The molecule has 7 heteroatoms. The van der Waals surface area contributed by atoms with Gasteiger partial charge in [-0.25, -0.2) is 9.18 Å². The van der Waals surface area contributed by atoms with E-state index in [1.165, 1.54) is 49.6 Å². The first-order chi connectivity index (χ1) is 15.0. The van der Waals surface area contributed by atoms with Gasteiger partial charge in [0.05, 0.1) is 18.1 Å². The summed E-state index contributed by atoms with van der Waals surface area (Å²) in [6, 6.07) is 16.6. The van der Waals surface area contributed by atoms with Gasteiger partial charge >= 0.3 is 5.97 Å². The third kappa shape index (κ3) is 4.11. The summed E-state index contributed by atoms with van der Waals surface area (Å²) in [5, 5.41) is 0.245. The largest absolute Gasteiger partial charge is 0.497 e. The van der Waals surface area contributed by atoms with Crippen LogP contribution in [0.5, 0.6) is 23.0 Å². The second kappa shape index (κ2) is 8.31. The smallest absolute Gasteiger partial charge is 0.346 e. The van der Waals surface area contributed by atoms with Gasteiger partial charge in [-0.1, -0.05) is 18.2 Å². The Morgan fingerprint density at radius 1 is 0.935 bits per heavy atom. The van der Waals surface area contributed by atoms with Gasteiger partial charge in [0.15, 0.2) is 0 Å². The van der Waals surface area contributed by atoms with Crippen molar-refractivity contribution in [3.05, 3.63) is 94.1 Å². The predicted octanol–water partition coefficient (Wildman–Crippen LogP) is 5.26. The van der Waals surface area contributed by atoms with Gasteiger partial charge in [0, 0.05) is 12.1 Å². The third-order valence-corrected chi connectivity index (χ3v) is 4.55. The highest BCUT2D eigenvalue weighted by Gasteiger charge is 2.17. The first kappa shape index (κ1) is 20.2. The van der Waals surface area contributed by atoms with Crippen molar-refractivity contribution in [2.75, 3.05) is 7.11 Å². The van der Waals surface area contributed by atoms with E-state index in [1.807, 2.05) is 0 Å². The molecule has 31 heavy (non-hydrogen) atoms. The second-order valence-electron chi connectivity index (χ2n) is 6.62. The van der Waals surface area contributed by atoms with Gasteiger partial charge in [0.1, 0.15) is 34.4 Å². The summed E-state index contributed by atoms with van der Waals surface area (Å²) in [6.07, 6.45) is 0. The van der Waals surface area contributed by atoms with Crippen LogP contribution in [0.15, 0.2) is 75.9 Å². The Morgan fingerprint density at radius 2 is 1.71 bits per heavy atom. The molecule has 0 aliphatic rings. The zero-order valence-corrected chi connectivity index (χ0v) is 16.7. The van der Waals surface area contributed by atoms with E-state index in [1.54, 1.807) is 31.2 Å². The van der Waals surface area contributed by atoms with Gasteiger partial charge < -0.3 is 18.6 Å². The Hall–Kier alpha value is -4.13. The van der Waals surface area contributed by atoms with Crippen LogP contribution >= 0.6 is 0 Å². The molecule has 6 nitrogen and oxygen atoms in total. The summed E-state index contributed by atoms with van der Waals surface area (Å²) in [6.45, 7) is 1.59. The number of carbonyl (C=O) groups excluding carboxylic acids is 1. The van der Waals surface area contributed by atoms with Gasteiger partial charge in [0.2, 0.25) is 11.2 Å². The molecule has 156 valence electrons. The van der Waals surface area contributed by atoms with Gasteiger partial charge in [-0.2, -0.15) is 0 Å². The Bertz CT molecular complexity index is 1340. The highest BCUT2D eigenvalue weighted by molar-refractivity contribution is 5.92. The number of ether oxygens (including phenoxy) is 3. The highest BCUT2D eigenvalue weighted by atomic mass is 19.1. The minimum atomic E-state index is -0.852. The minimum absolute atomic E-state index is 0.0388. The molecule has 4 rings (SSSR count). The van der Waals surface area contributed by atoms with E-state index in [0.29, 0.717) is 11.5 Å². The molecule has 0 fully saturated rings. The number of fused-ring (bicyclic) bond motifs is 1. The fourth-order valence-electron chi connectivity index (χ4n) is 3.02. The summed E-state index contributed by atoms with van der Waals surface area (Å²) in [4.78, 5) is 25.2. The average molecular weight is 420 g/mol. The van der Waals surface area contributed by atoms with Gasteiger partial charge in [-0.3, -0.25) is 4.79 Å². The average Bonchev–Trinajstić information content (AvgIpc) is 2.77. The maximum Gasteiger partial charge on any atom is 0.346 e.